The summed E-state index contributed by atoms with van der Waals surface area (Å²) < 4.78 is 16.3. The Balaban J connectivity index is 2.10. The number of hydrogen-bond acceptors (Lipinski definition) is 4. The van der Waals surface area contributed by atoms with Gasteiger partial charge in [-0.15, -0.1) is 5.10 Å². The molecule has 2 rings (SSSR count). The van der Waals surface area contributed by atoms with Crippen molar-refractivity contribution in [3.63, 3.8) is 0 Å². The van der Waals surface area contributed by atoms with Crippen LogP contribution in [0, 0.1) is 0 Å². The number of nitrogens with one attached hydrogen (secondary N) is 1. The quantitative estimate of drug-likeness (QED) is 0.936. The van der Waals surface area contributed by atoms with Crippen molar-refractivity contribution in [1.82, 2.24) is 24.5 Å². The molecule has 0 bridgehead atoms. The van der Waals surface area contributed by atoms with Gasteiger partial charge in [-0.2, -0.15) is 0 Å². The van der Waals surface area contributed by atoms with Crippen molar-refractivity contribution in [2.75, 3.05) is 0 Å². The van der Waals surface area contributed by atoms with Crippen molar-refractivity contribution < 1.29 is 4.21 Å². The average molecular weight is 328 g/mol. The summed E-state index contributed by atoms with van der Waals surface area (Å²) in [5, 5.41) is 4.16. The Morgan fingerprint density at radius 3 is 2.52 bits per heavy atom. The molecule has 0 radical (unpaired) electrons. The van der Waals surface area contributed by atoms with E-state index in [2.05, 4.69) is 19.8 Å². The van der Waals surface area contributed by atoms with E-state index in [1.807, 2.05) is 39.8 Å². The summed E-state index contributed by atoms with van der Waals surface area (Å²) >= 11 is 5.68. The standard InChI is InChI=1S/C13H18ClN5OS/c1-9(18-21(20)13(2,3)4)10-5-6-11(15-7-10)19-8-16-12(14)17-19/h5-9,18H,1-4H3/t9-,21?/m0/s1. The number of hydrogen-bond donors (Lipinski definition) is 1. The fourth-order valence-corrected chi connectivity index (χ4v) is 2.48. The molecule has 0 aliphatic rings. The molecule has 2 aromatic rings. The SMILES string of the molecule is C[C@H](NS(=O)C(C)(C)C)c1ccc(-n2cnc(Cl)n2)nc1. The summed E-state index contributed by atoms with van der Waals surface area (Å²) in [4.78, 5) is 8.16. The first-order valence-electron chi connectivity index (χ1n) is 6.49. The minimum Gasteiger partial charge on any atom is -0.242 e. The van der Waals surface area contributed by atoms with Crippen LogP contribution in [0.2, 0.25) is 5.28 Å². The molecule has 1 N–H and O–H groups in total. The smallest absolute Gasteiger partial charge is 0.242 e. The number of nitrogens with zero attached hydrogens (tertiary/aromatic N) is 4. The van der Waals surface area contributed by atoms with Crippen molar-refractivity contribution in [1.29, 1.82) is 0 Å². The van der Waals surface area contributed by atoms with Gasteiger partial charge in [0.2, 0.25) is 5.28 Å². The van der Waals surface area contributed by atoms with Crippen LogP contribution < -0.4 is 4.72 Å². The van der Waals surface area contributed by atoms with Gasteiger partial charge in [-0.1, -0.05) is 6.07 Å². The van der Waals surface area contributed by atoms with Crippen molar-refractivity contribution in [2.45, 2.75) is 38.5 Å². The Kier molecular flexibility index (Phi) is 4.75. The summed E-state index contributed by atoms with van der Waals surface area (Å²) in [5.41, 5.74) is 0.947. The second-order valence-electron chi connectivity index (χ2n) is 5.63. The zero-order valence-corrected chi connectivity index (χ0v) is 13.9. The van der Waals surface area contributed by atoms with Crippen LogP contribution >= 0.6 is 11.6 Å². The molecular weight excluding hydrogens is 310 g/mol. The molecule has 21 heavy (non-hydrogen) atoms. The molecule has 2 heterocycles. The topological polar surface area (TPSA) is 72.7 Å². The normalized spacial score (nSPS) is 14.9. The molecule has 0 aliphatic carbocycles. The summed E-state index contributed by atoms with van der Waals surface area (Å²) in [6, 6.07) is 3.67. The van der Waals surface area contributed by atoms with Gasteiger partial charge in [0, 0.05) is 12.2 Å². The van der Waals surface area contributed by atoms with Gasteiger partial charge >= 0.3 is 0 Å². The Morgan fingerprint density at radius 1 is 1.33 bits per heavy atom. The number of halogens is 1. The fraction of sp³-hybridized carbons (Fsp3) is 0.462. The van der Waals surface area contributed by atoms with Crippen molar-refractivity contribution in [3.05, 3.63) is 35.5 Å². The van der Waals surface area contributed by atoms with Crippen LogP contribution in [0.25, 0.3) is 5.82 Å². The molecule has 0 saturated heterocycles. The van der Waals surface area contributed by atoms with Gasteiger partial charge < -0.3 is 0 Å². The van der Waals surface area contributed by atoms with Crippen molar-refractivity contribution in [2.24, 2.45) is 0 Å². The molecule has 1 unspecified atom stereocenters. The molecule has 0 aromatic carbocycles. The monoisotopic (exact) mass is 327 g/mol. The van der Waals surface area contributed by atoms with E-state index in [0.717, 1.165) is 5.56 Å². The van der Waals surface area contributed by atoms with E-state index in [9.17, 15) is 4.21 Å². The zero-order chi connectivity index (χ0) is 15.6. The van der Waals surface area contributed by atoms with Gasteiger partial charge in [0.25, 0.3) is 0 Å². The molecule has 2 aromatic heterocycles. The predicted molar refractivity (Wildman–Crippen MR) is 83.6 cm³/mol. The maximum absolute atomic E-state index is 12.1. The lowest BCUT2D eigenvalue weighted by molar-refractivity contribution is 0.615. The molecule has 8 heteroatoms. The fourth-order valence-electron chi connectivity index (χ4n) is 1.55. The van der Waals surface area contributed by atoms with Crippen LogP contribution in [0.3, 0.4) is 0 Å². The number of pyridine rings is 1. The lowest BCUT2D eigenvalue weighted by atomic mass is 10.1. The number of rotatable bonds is 4. The van der Waals surface area contributed by atoms with Crippen LogP contribution in [0.15, 0.2) is 24.7 Å². The minimum atomic E-state index is -1.13. The third-order valence-corrected chi connectivity index (χ3v) is 4.66. The molecule has 0 spiro atoms. The second kappa shape index (κ2) is 6.21. The van der Waals surface area contributed by atoms with E-state index in [4.69, 9.17) is 11.6 Å². The van der Waals surface area contributed by atoms with E-state index in [1.54, 1.807) is 6.20 Å². The van der Waals surface area contributed by atoms with E-state index in [-0.39, 0.29) is 16.1 Å². The third-order valence-electron chi connectivity index (χ3n) is 2.81. The molecule has 2 atom stereocenters. The second-order valence-corrected chi connectivity index (χ2v) is 7.96. The highest BCUT2D eigenvalue weighted by molar-refractivity contribution is 7.84. The highest BCUT2D eigenvalue weighted by Gasteiger charge is 2.21. The Bertz CT molecular complexity index is 635. The van der Waals surface area contributed by atoms with Crippen LogP contribution in [-0.2, 0) is 11.0 Å². The van der Waals surface area contributed by atoms with Crippen LogP contribution in [0.5, 0.6) is 0 Å². The molecule has 0 saturated carbocycles. The summed E-state index contributed by atoms with van der Waals surface area (Å²) in [7, 11) is -1.13. The predicted octanol–water partition coefficient (Wildman–Crippen LogP) is 2.43. The van der Waals surface area contributed by atoms with Gasteiger partial charge in [0.1, 0.15) is 6.33 Å². The van der Waals surface area contributed by atoms with E-state index >= 15 is 0 Å². The summed E-state index contributed by atoms with van der Waals surface area (Å²) in [6.45, 7) is 7.74. The van der Waals surface area contributed by atoms with Crippen molar-refractivity contribution >= 4 is 22.6 Å². The van der Waals surface area contributed by atoms with Crippen molar-refractivity contribution in [3.8, 4) is 5.82 Å². The number of aromatic nitrogens is 4. The molecule has 114 valence electrons. The maximum atomic E-state index is 12.1. The molecule has 0 amide bonds. The van der Waals surface area contributed by atoms with Gasteiger partial charge in [-0.05, 0) is 50.9 Å². The summed E-state index contributed by atoms with van der Waals surface area (Å²) in [5.74, 6) is 0.627. The van der Waals surface area contributed by atoms with E-state index in [0.29, 0.717) is 5.82 Å². The first-order chi connectivity index (χ1) is 9.77. The lowest BCUT2D eigenvalue weighted by Crippen LogP contribution is -2.34. The Labute approximate surface area is 131 Å². The molecule has 0 fully saturated rings. The maximum Gasteiger partial charge on any atom is 0.242 e. The highest BCUT2D eigenvalue weighted by Crippen LogP contribution is 2.17. The Hall–Kier alpha value is -1.31. The first-order valence-corrected chi connectivity index (χ1v) is 8.01. The largest absolute Gasteiger partial charge is 0.242 e. The highest BCUT2D eigenvalue weighted by atomic mass is 35.5. The average Bonchev–Trinajstić information content (AvgIpc) is 2.84. The minimum absolute atomic E-state index is 0.0639. The van der Waals surface area contributed by atoms with Gasteiger partial charge in [-0.3, -0.25) is 0 Å². The molecule has 0 aliphatic heterocycles. The molecule has 6 nitrogen and oxygen atoms in total. The van der Waals surface area contributed by atoms with Crippen LogP contribution in [0.1, 0.15) is 39.3 Å². The third kappa shape index (κ3) is 4.09. The van der Waals surface area contributed by atoms with E-state index < -0.39 is 11.0 Å². The van der Waals surface area contributed by atoms with E-state index in [1.165, 1.54) is 11.0 Å². The van der Waals surface area contributed by atoms with Crippen LogP contribution in [-0.4, -0.2) is 28.7 Å². The van der Waals surface area contributed by atoms with Crippen LogP contribution in [0.4, 0.5) is 0 Å². The first kappa shape index (κ1) is 16.1. The van der Waals surface area contributed by atoms with Gasteiger partial charge in [0.05, 0.1) is 15.7 Å². The molecular formula is C13H18ClN5OS. The lowest BCUT2D eigenvalue weighted by Gasteiger charge is -2.22. The van der Waals surface area contributed by atoms with Gasteiger partial charge in [-0.25, -0.2) is 23.6 Å². The summed E-state index contributed by atoms with van der Waals surface area (Å²) in [6.07, 6.45) is 3.23. The zero-order valence-electron chi connectivity index (χ0n) is 12.4. The Morgan fingerprint density at radius 2 is 2.05 bits per heavy atom. The van der Waals surface area contributed by atoms with Gasteiger partial charge in [0.15, 0.2) is 5.82 Å².